The number of benzene rings is 2. The molecular formula is C25H32N6O5S2. The van der Waals surface area contributed by atoms with Gasteiger partial charge >= 0.3 is 0 Å². The lowest BCUT2D eigenvalue weighted by molar-refractivity contribution is 0.0730. The molecular weight excluding hydrogens is 528 g/mol. The fraction of sp³-hybridized carbons (Fsp3) is 0.360. The molecule has 4 rings (SSSR count). The summed E-state index contributed by atoms with van der Waals surface area (Å²) in [5.74, 6) is 0.718. The zero-order valence-electron chi connectivity index (χ0n) is 21.7. The summed E-state index contributed by atoms with van der Waals surface area (Å²) >= 11 is 0. The third-order valence-corrected chi connectivity index (χ3v) is 9.17. The van der Waals surface area contributed by atoms with E-state index in [1.807, 2.05) is 6.92 Å². The molecule has 1 saturated heterocycles. The standard InChI is InChI=1S/C25H32N6O5S2/c1-18-17-26-24(28-20-8-6-10-22(16-20)38(34,35)31-11-13-36-14-12-31)29-23(18)27-19-7-5-9-21(15-19)37(32,33)30-25(2,3)4/h5-10,15-17,30H,11-14H2,1-4H3,(H2,26,27,28,29). The molecule has 0 amide bonds. The van der Waals surface area contributed by atoms with Crippen molar-refractivity contribution in [1.29, 1.82) is 0 Å². The second kappa shape index (κ2) is 10.9. The highest BCUT2D eigenvalue weighted by Gasteiger charge is 2.26. The third-order valence-electron chi connectivity index (χ3n) is 5.52. The SMILES string of the molecule is Cc1cnc(Nc2cccc(S(=O)(=O)N3CCOCC3)c2)nc1Nc1cccc(S(=O)(=O)NC(C)(C)C)c1. The van der Waals surface area contributed by atoms with Gasteiger partial charge in [-0.3, -0.25) is 0 Å². The van der Waals surface area contributed by atoms with Crippen LogP contribution in [0.25, 0.3) is 0 Å². The Morgan fingerprint density at radius 3 is 2.16 bits per heavy atom. The van der Waals surface area contributed by atoms with Gasteiger partial charge in [0.25, 0.3) is 0 Å². The normalized spacial score (nSPS) is 15.3. The van der Waals surface area contributed by atoms with Crippen LogP contribution in [0.3, 0.4) is 0 Å². The summed E-state index contributed by atoms with van der Waals surface area (Å²) in [6.45, 7) is 8.51. The Morgan fingerprint density at radius 2 is 1.50 bits per heavy atom. The highest BCUT2D eigenvalue weighted by Crippen LogP contribution is 2.25. The summed E-state index contributed by atoms with van der Waals surface area (Å²) in [7, 11) is -7.37. The van der Waals surface area contributed by atoms with E-state index < -0.39 is 25.6 Å². The number of aryl methyl sites for hydroxylation is 1. The first-order chi connectivity index (χ1) is 17.8. The van der Waals surface area contributed by atoms with Crippen molar-refractivity contribution in [3.63, 3.8) is 0 Å². The highest BCUT2D eigenvalue weighted by atomic mass is 32.2. The van der Waals surface area contributed by atoms with Crippen molar-refractivity contribution in [2.45, 2.75) is 43.0 Å². The Labute approximate surface area is 223 Å². The summed E-state index contributed by atoms with van der Waals surface area (Å²) < 4.78 is 60.9. The molecule has 0 atom stereocenters. The number of hydrogen-bond donors (Lipinski definition) is 3. The van der Waals surface area contributed by atoms with Crippen LogP contribution in [0, 0.1) is 6.92 Å². The first kappa shape index (κ1) is 27.9. The van der Waals surface area contributed by atoms with Gasteiger partial charge in [0.1, 0.15) is 5.82 Å². The van der Waals surface area contributed by atoms with E-state index in [0.29, 0.717) is 43.5 Å². The number of morpholine rings is 1. The number of nitrogens with zero attached hydrogens (tertiary/aromatic N) is 3. The van der Waals surface area contributed by atoms with Gasteiger partial charge in [-0.15, -0.1) is 0 Å². The lowest BCUT2D eigenvalue weighted by atomic mass is 10.1. The lowest BCUT2D eigenvalue weighted by Gasteiger charge is -2.26. The smallest absolute Gasteiger partial charge is 0.243 e. The first-order valence-corrected chi connectivity index (χ1v) is 15.0. The van der Waals surface area contributed by atoms with E-state index in [2.05, 4.69) is 25.3 Å². The molecule has 13 heteroatoms. The summed E-state index contributed by atoms with van der Waals surface area (Å²) in [4.78, 5) is 9.12. The molecule has 0 aliphatic carbocycles. The van der Waals surface area contributed by atoms with E-state index in [-0.39, 0.29) is 15.7 Å². The molecule has 0 saturated carbocycles. The topological polar surface area (TPSA) is 143 Å². The average molecular weight is 561 g/mol. The molecule has 0 unspecified atom stereocenters. The van der Waals surface area contributed by atoms with Crippen LogP contribution < -0.4 is 15.4 Å². The molecule has 1 aromatic heterocycles. The maximum absolute atomic E-state index is 13.0. The Hall–Kier alpha value is -3.10. The number of nitrogens with one attached hydrogen (secondary N) is 3. The van der Waals surface area contributed by atoms with Crippen LogP contribution in [-0.4, -0.2) is 63.0 Å². The quantitative estimate of drug-likeness (QED) is 0.378. The lowest BCUT2D eigenvalue weighted by Crippen LogP contribution is -2.40. The molecule has 1 fully saturated rings. The van der Waals surface area contributed by atoms with Crippen molar-refractivity contribution < 1.29 is 21.6 Å². The fourth-order valence-corrected chi connectivity index (χ4v) is 6.69. The van der Waals surface area contributed by atoms with Gasteiger partial charge in [-0.1, -0.05) is 12.1 Å². The predicted octanol–water partition coefficient (Wildman–Crippen LogP) is 3.37. The fourth-order valence-electron chi connectivity index (χ4n) is 3.77. The van der Waals surface area contributed by atoms with Crippen molar-refractivity contribution in [2.75, 3.05) is 36.9 Å². The minimum absolute atomic E-state index is 0.126. The number of aromatic nitrogens is 2. The van der Waals surface area contributed by atoms with Crippen molar-refractivity contribution in [3.8, 4) is 0 Å². The molecule has 3 N–H and O–H groups in total. The van der Waals surface area contributed by atoms with Crippen molar-refractivity contribution in [1.82, 2.24) is 19.0 Å². The maximum Gasteiger partial charge on any atom is 0.243 e. The van der Waals surface area contributed by atoms with Gasteiger partial charge in [-0.2, -0.15) is 9.29 Å². The van der Waals surface area contributed by atoms with E-state index in [0.717, 1.165) is 5.56 Å². The van der Waals surface area contributed by atoms with E-state index in [1.54, 1.807) is 57.3 Å². The third kappa shape index (κ3) is 6.85. The average Bonchev–Trinajstić information content (AvgIpc) is 2.86. The largest absolute Gasteiger partial charge is 0.379 e. The van der Waals surface area contributed by atoms with E-state index >= 15 is 0 Å². The van der Waals surface area contributed by atoms with E-state index in [4.69, 9.17) is 4.74 Å². The molecule has 3 aromatic rings. The van der Waals surface area contributed by atoms with Crippen LogP contribution in [0.1, 0.15) is 26.3 Å². The van der Waals surface area contributed by atoms with Gasteiger partial charge in [0, 0.05) is 41.8 Å². The second-order valence-electron chi connectivity index (χ2n) is 9.90. The van der Waals surface area contributed by atoms with Crippen LogP contribution in [0.2, 0.25) is 0 Å². The van der Waals surface area contributed by atoms with Crippen molar-refractivity contribution in [2.24, 2.45) is 0 Å². The van der Waals surface area contributed by atoms with Gasteiger partial charge in [0.05, 0.1) is 23.0 Å². The van der Waals surface area contributed by atoms with Gasteiger partial charge in [-0.05, 0) is 64.1 Å². The zero-order valence-corrected chi connectivity index (χ0v) is 23.4. The Kier molecular flexibility index (Phi) is 8.04. The monoisotopic (exact) mass is 560 g/mol. The van der Waals surface area contributed by atoms with Gasteiger partial charge in [-0.25, -0.2) is 26.5 Å². The van der Waals surface area contributed by atoms with Crippen LogP contribution >= 0.6 is 0 Å². The zero-order chi connectivity index (χ0) is 27.6. The van der Waals surface area contributed by atoms with E-state index in [1.165, 1.54) is 22.5 Å². The molecule has 2 aromatic carbocycles. The van der Waals surface area contributed by atoms with Gasteiger partial charge in [0.15, 0.2) is 0 Å². The first-order valence-electron chi connectivity index (χ1n) is 12.0. The summed E-state index contributed by atoms with van der Waals surface area (Å²) in [5, 5.41) is 6.21. The van der Waals surface area contributed by atoms with E-state index in [9.17, 15) is 16.8 Å². The summed E-state index contributed by atoms with van der Waals surface area (Å²) in [6.07, 6.45) is 1.62. The molecule has 0 radical (unpaired) electrons. The van der Waals surface area contributed by atoms with Crippen molar-refractivity contribution in [3.05, 3.63) is 60.3 Å². The molecule has 1 aliphatic rings. The molecule has 2 heterocycles. The predicted molar refractivity (Wildman–Crippen MR) is 146 cm³/mol. The minimum Gasteiger partial charge on any atom is -0.379 e. The molecule has 1 aliphatic heterocycles. The summed E-state index contributed by atoms with van der Waals surface area (Å²) in [5.41, 5.74) is 1.16. The van der Waals surface area contributed by atoms with Crippen LogP contribution in [0.4, 0.5) is 23.1 Å². The number of rotatable bonds is 8. The molecule has 11 nitrogen and oxygen atoms in total. The van der Waals surface area contributed by atoms with Crippen LogP contribution in [-0.2, 0) is 24.8 Å². The van der Waals surface area contributed by atoms with Gasteiger partial charge < -0.3 is 15.4 Å². The number of anilines is 4. The molecule has 38 heavy (non-hydrogen) atoms. The molecule has 0 bridgehead atoms. The Bertz CT molecular complexity index is 1520. The molecule has 0 spiro atoms. The number of sulfonamides is 2. The Morgan fingerprint density at radius 1 is 0.895 bits per heavy atom. The Balaban J connectivity index is 1.54. The summed E-state index contributed by atoms with van der Waals surface area (Å²) in [6, 6.07) is 12.9. The van der Waals surface area contributed by atoms with Crippen molar-refractivity contribution >= 4 is 43.2 Å². The van der Waals surface area contributed by atoms with Crippen LogP contribution in [0.15, 0.2) is 64.5 Å². The highest BCUT2D eigenvalue weighted by molar-refractivity contribution is 7.89. The minimum atomic E-state index is -3.71. The maximum atomic E-state index is 13.0. The number of hydrogen-bond acceptors (Lipinski definition) is 9. The second-order valence-corrected chi connectivity index (χ2v) is 13.5. The van der Waals surface area contributed by atoms with Gasteiger partial charge in [0.2, 0.25) is 26.0 Å². The molecule has 204 valence electrons. The number of ether oxygens (including phenoxy) is 1. The van der Waals surface area contributed by atoms with Crippen LogP contribution in [0.5, 0.6) is 0 Å².